The molecule has 0 saturated carbocycles. The predicted octanol–water partition coefficient (Wildman–Crippen LogP) is 6.27. The number of anilines is 1. The second-order valence-corrected chi connectivity index (χ2v) is 12.7. The Bertz CT molecular complexity index is 1650. The number of amides is 2. The first-order valence-corrected chi connectivity index (χ1v) is 16.0. The van der Waals surface area contributed by atoms with E-state index >= 15 is 0 Å². The van der Waals surface area contributed by atoms with Gasteiger partial charge in [-0.05, 0) is 66.9 Å². The van der Waals surface area contributed by atoms with Gasteiger partial charge in [-0.25, -0.2) is 8.42 Å². The van der Waals surface area contributed by atoms with Crippen LogP contribution < -0.4 is 9.62 Å². The van der Waals surface area contributed by atoms with Crippen molar-refractivity contribution in [2.75, 3.05) is 17.4 Å². The molecule has 0 saturated heterocycles. The normalized spacial score (nSPS) is 11.9. The minimum atomic E-state index is -4.20. The Morgan fingerprint density at radius 1 is 0.837 bits per heavy atom. The molecule has 0 radical (unpaired) electrons. The summed E-state index contributed by atoms with van der Waals surface area (Å²) in [5.74, 6) is -0.900. The summed E-state index contributed by atoms with van der Waals surface area (Å²) in [5.41, 5.74) is 2.58. The van der Waals surface area contributed by atoms with E-state index in [0.29, 0.717) is 16.6 Å². The van der Waals surface area contributed by atoms with Gasteiger partial charge in [-0.2, -0.15) is 0 Å². The molecule has 0 aromatic heterocycles. The fourth-order valence-corrected chi connectivity index (χ4v) is 6.35. The number of hydrogen-bond donors (Lipinski definition) is 1. The molecule has 224 valence electrons. The van der Waals surface area contributed by atoms with Crippen molar-refractivity contribution in [3.8, 4) is 0 Å². The van der Waals surface area contributed by atoms with Crippen LogP contribution in [0.5, 0.6) is 0 Å². The number of halogens is 2. The number of nitrogens with one attached hydrogen (secondary N) is 1. The molecule has 7 nitrogen and oxygen atoms in total. The van der Waals surface area contributed by atoms with Crippen LogP contribution in [-0.2, 0) is 32.6 Å². The number of aryl methyl sites for hydroxylation is 1. The zero-order valence-corrected chi connectivity index (χ0v) is 26.2. The number of sulfonamides is 1. The highest BCUT2D eigenvalue weighted by atomic mass is 35.5. The average molecular weight is 639 g/mol. The number of hydrogen-bond acceptors (Lipinski definition) is 4. The summed E-state index contributed by atoms with van der Waals surface area (Å²) in [7, 11) is -4.20. The maximum Gasteiger partial charge on any atom is 0.264 e. The van der Waals surface area contributed by atoms with Crippen molar-refractivity contribution in [3.63, 3.8) is 0 Å². The standard InChI is InChI=1S/C33H33Cl2N3O4S/c1-3-36-33(40)31(20-25-10-6-4-7-11-25)37(22-26-15-17-27(34)18-16-26)32(39)23-38(28-19-14-24(2)30(35)21-28)43(41,42)29-12-8-5-9-13-29/h4-19,21,31H,3,20,22-23H2,1-2H3,(H,36,40). The summed E-state index contributed by atoms with van der Waals surface area (Å²) in [4.78, 5) is 29.3. The molecular formula is C33H33Cl2N3O4S. The van der Waals surface area contributed by atoms with Crippen LogP contribution in [0.3, 0.4) is 0 Å². The Hall–Kier alpha value is -3.85. The average Bonchev–Trinajstić information content (AvgIpc) is 3.01. The molecule has 0 aliphatic carbocycles. The van der Waals surface area contributed by atoms with Crippen LogP contribution in [0, 0.1) is 6.92 Å². The number of nitrogens with zero attached hydrogens (tertiary/aromatic N) is 2. The number of rotatable bonds is 12. The summed E-state index contributed by atoms with van der Waals surface area (Å²) < 4.78 is 29.0. The van der Waals surface area contributed by atoms with Gasteiger partial charge in [-0.1, -0.05) is 89.9 Å². The number of carbonyl (C=O) groups excluding carboxylic acids is 2. The number of likely N-dealkylation sites (N-methyl/N-ethyl adjacent to an activating group) is 1. The lowest BCUT2D eigenvalue weighted by atomic mass is 10.0. The van der Waals surface area contributed by atoms with E-state index in [1.54, 1.807) is 61.5 Å². The highest BCUT2D eigenvalue weighted by Crippen LogP contribution is 2.29. The topological polar surface area (TPSA) is 86.8 Å². The Labute approximate surface area is 263 Å². The molecule has 0 heterocycles. The predicted molar refractivity (Wildman–Crippen MR) is 172 cm³/mol. The van der Waals surface area contributed by atoms with E-state index in [0.717, 1.165) is 21.0 Å². The minimum absolute atomic E-state index is 0.0216. The van der Waals surface area contributed by atoms with Gasteiger partial charge < -0.3 is 10.2 Å². The Kier molecular flexibility index (Phi) is 10.9. The molecule has 1 unspecified atom stereocenters. The van der Waals surface area contributed by atoms with E-state index in [2.05, 4.69) is 5.32 Å². The summed E-state index contributed by atoms with van der Waals surface area (Å²) in [6.45, 7) is 3.47. The molecule has 10 heteroatoms. The van der Waals surface area contributed by atoms with Crippen LogP contribution >= 0.6 is 23.2 Å². The molecule has 0 spiro atoms. The van der Waals surface area contributed by atoms with Crippen molar-refractivity contribution >= 4 is 50.7 Å². The van der Waals surface area contributed by atoms with Crippen molar-refractivity contribution in [2.24, 2.45) is 0 Å². The molecule has 1 atom stereocenters. The van der Waals surface area contributed by atoms with Crippen LogP contribution in [0.2, 0.25) is 10.0 Å². The SMILES string of the molecule is CCNC(=O)C(Cc1ccccc1)N(Cc1ccc(Cl)cc1)C(=O)CN(c1ccc(C)c(Cl)c1)S(=O)(=O)c1ccccc1. The van der Waals surface area contributed by atoms with E-state index in [4.69, 9.17) is 23.2 Å². The quantitative estimate of drug-likeness (QED) is 0.198. The van der Waals surface area contributed by atoms with Gasteiger partial charge in [0.1, 0.15) is 12.6 Å². The van der Waals surface area contributed by atoms with Crippen molar-refractivity contribution in [2.45, 2.75) is 37.8 Å². The van der Waals surface area contributed by atoms with E-state index in [9.17, 15) is 18.0 Å². The van der Waals surface area contributed by atoms with Crippen LogP contribution in [0.1, 0.15) is 23.6 Å². The number of carbonyl (C=O) groups is 2. The van der Waals surface area contributed by atoms with Gasteiger partial charge in [-0.3, -0.25) is 13.9 Å². The van der Waals surface area contributed by atoms with E-state index in [1.807, 2.05) is 37.3 Å². The van der Waals surface area contributed by atoms with Crippen LogP contribution in [0.4, 0.5) is 5.69 Å². The van der Waals surface area contributed by atoms with Crippen LogP contribution in [0.15, 0.2) is 108 Å². The Balaban J connectivity index is 1.80. The summed E-state index contributed by atoms with van der Waals surface area (Å²) in [6.07, 6.45) is 0.230. The Morgan fingerprint density at radius 3 is 2.07 bits per heavy atom. The fraction of sp³-hybridized carbons (Fsp3) is 0.212. The Morgan fingerprint density at radius 2 is 1.47 bits per heavy atom. The minimum Gasteiger partial charge on any atom is -0.355 e. The molecule has 2 amide bonds. The van der Waals surface area contributed by atoms with Crippen molar-refractivity contribution in [1.82, 2.24) is 10.2 Å². The van der Waals surface area contributed by atoms with Crippen molar-refractivity contribution in [3.05, 3.63) is 130 Å². The van der Waals surface area contributed by atoms with Gasteiger partial charge in [0, 0.05) is 29.6 Å². The van der Waals surface area contributed by atoms with Crippen molar-refractivity contribution in [1.29, 1.82) is 0 Å². The van der Waals surface area contributed by atoms with Crippen LogP contribution in [0.25, 0.3) is 0 Å². The lowest BCUT2D eigenvalue weighted by molar-refractivity contribution is -0.140. The maximum absolute atomic E-state index is 14.3. The second kappa shape index (κ2) is 14.6. The first kappa shape index (κ1) is 32.1. The molecule has 4 rings (SSSR count). The fourth-order valence-electron chi connectivity index (χ4n) is 4.62. The number of benzene rings is 4. The second-order valence-electron chi connectivity index (χ2n) is 10.0. The lowest BCUT2D eigenvalue weighted by Crippen LogP contribution is -2.53. The summed E-state index contributed by atoms with van der Waals surface area (Å²) >= 11 is 12.5. The molecule has 0 aliphatic heterocycles. The van der Waals surface area contributed by atoms with Crippen LogP contribution in [-0.4, -0.2) is 44.3 Å². The van der Waals surface area contributed by atoms with Gasteiger partial charge in [0.25, 0.3) is 10.0 Å². The van der Waals surface area contributed by atoms with E-state index < -0.39 is 28.5 Å². The van der Waals surface area contributed by atoms with E-state index in [1.165, 1.54) is 23.1 Å². The zero-order valence-electron chi connectivity index (χ0n) is 23.9. The van der Waals surface area contributed by atoms with Gasteiger partial charge in [-0.15, -0.1) is 0 Å². The first-order chi connectivity index (χ1) is 20.6. The van der Waals surface area contributed by atoms with Gasteiger partial charge >= 0.3 is 0 Å². The third-order valence-electron chi connectivity index (χ3n) is 6.94. The molecular weight excluding hydrogens is 605 g/mol. The smallest absolute Gasteiger partial charge is 0.264 e. The van der Waals surface area contributed by atoms with Gasteiger partial charge in [0.2, 0.25) is 11.8 Å². The maximum atomic E-state index is 14.3. The molecule has 0 aliphatic rings. The molecule has 1 N–H and O–H groups in total. The molecule has 4 aromatic rings. The highest BCUT2D eigenvalue weighted by Gasteiger charge is 2.34. The van der Waals surface area contributed by atoms with Crippen molar-refractivity contribution < 1.29 is 18.0 Å². The largest absolute Gasteiger partial charge is 0.355 e. The lowest BCUT2D eigenvalue weighted by Gasteiger charge is -2.34. The third-order valence-corrected chi connectivity index (χ3v) is 9.39. The van der Waals surface area contributed by atoms with Gasteiger partial charge in [0.05, 0.1) is 10.6 Å². The van der Waals surface area contributed by atoms with E-state index in [-0.39, 0.29) is 29.5 Å². The first-order valence-electron chi connectivity index (χ1n) is 13.8. The molecule has 4 aromatic carbocycles. The zero-order chi connectivity index (χ0) is 31.0. The molecule has 43 heavy (non-hydrogen) atoms. The van der Waals surface area contributed by atoms with Gasteiger partial charge in [0.15, 0.2) is 0 Å². The highest BCUT2D eigenvalue weighted by molar-refractivity contribution is 7.92. The third kappa shape index (κ3) is 8.16. The molecule has 0 bridgehead atoms. The molecule has 0 fully saturated rings. The summed E-state index contributed by atoms with van der Waals surface area (Å²) in [5, 5.41) is 3.74. The monoisotopic (exact) mass is 637 g/mol. The summed E-state index contributed by atoms with van der Waals surface area (Å²) in [6, 6.07) is 28.2.